The van der Waals surface area contributed by atoms with Crippen LogP contribution in [-0.2, 0) is 21.1 Å². The molecule has 1 saturated heterocycles. The molecule has 18 heavy (non-hydrogen) atoms. The van der Waals surface area contributed by atoms with Gasteiger partial charge in [0.2, 0.25) is 5.91 Å². The predicted octanol–water partition coefficient (Wildman–Crippen LogP) is 1.19. The number of sulfone groups is 1. The minimum atomic E-state index is -2.95. The van der Waals surface area contributed by atoms with Crippen molar-refractivity contribution in [1.82, 2.24) is 5.32 Å². The number of carbonyl (C=O) groups is 1. The topological polar surface area (TPSA) is 63.2 Å². The smallest absolute Gasteiger partial charge is 0.224 e. The Labute approximate surface area is 111 Å². The first-order valence-electron chi connectivity index (χ1n) is 5.69. The van der Waals surface area contributed by atoms with Crippen LogP contribution in [0.15, 0.2) is 24.3 Å². The fourth-order valence-electron chi connectivity index (χ4n) is 1.98. The van der Waals surface area contributed by atoms with Gasteiger partial charge in [-0.2, -0.15) is 0 Å². The lowest BCUT2D eigenvalue weighted by molar-refractivity contribution is -0.120. The summed E-state index contributed by atoms with van der Waals surface area (Å²) < 4.78 is 22.5. The van der Waals surface area contributed by atoms with Gasteiger partial charge in [-0.3, -0.25) is 4.79 Å². The van der Waals surface area contributed by atoms with Gasteiger partial charge in [-0.05, 0) is 24.1 Å². The lowest BCUT2D eigenvalue weighted by Gasteiger charge is -2.10. The number of rotatable bonds is 3. The molecule has 1 N–H and O–H groups in total. The molecule has 1 atom stereocenters. The number of benzene rings is 1. The van der Waals surface area contributed by atoms with Gasteiger partial charge in [-0.1, -0.05) is 23.7 Å². The Hall–Kier alpha value is -1.07. The van der Waals surface area contributed by atoms with E-state index in [-0.39, 0.29) is 29.9 Å². The predicted molar refractivity (Wildman–Crippen MR) is 70.4 cm³/mol. The Balaban J connectivity index is 1.88. The Morgan fingerprint density at radius 3 is 2.56 bits per heavy atom. The van der Waals surface area contributed by atoms with Crippen LogP contribution in [-0.4, -0.2) is 31.9 Å². The SMILES string of the molecule is O=C(Cc1ccc(Cl)cc1)N[C@H]1CCS(=O)(=O)C1. The van der Waals surface area contributed by atoms with Gasteiger partial charge >= 0.3 is 0 Å². The van der Waals surface area contributed by atoms with Crippen LogP contribution in [0, 0.1) is 0 Å². The first kappa shape index (κ1) is 13.4. The molecule has 1 aliphatic rings. The van der Waals surface area contributed by atoms with E-state index in [9.17, 15) is 13.2 Å². The Bertz CT molecular complexity index is 539. The number of amides is 1. The Morgan fingerprint density at radius 1 is 1.33 bits per heavy atom. The fourth-order valence-corrected chi connectivity index (χ4v) is 3.77. The maximum atomic E-state index is 11.7. The van der Waals surface area contributed by atoms with E-state index in [0.717, 1.165) is 5.56 Å². The molecule has 0 aliphatic carbocycles. The van der Waals surface area contributed by atoms with Crippen molar-refractivity contribution in [2.24, 2.45) is 0 Å². The van der Waals surface area contributed by atoms with Crippen LogP contribution in [0.5, 0.6) is 0 Å². The molecule has 0 spiro atoms. The highest BCUT2D eigenvalue weighted by Crippen LogP contribution is 2.12. The molecule has 0 saturated carbocycles. The summed E-state index contributed by atoms with van der Waals surface area (Å²) in [5.41, 5.74) is 0.859. The Kier molecular flexibility index (Phi) is 3.92. The average Bonchev–Trinajstić information content (AvgIpc) is 2.61. The summed E-state index contributed by atoms with van der Waals surface area (Å²) in [6, 6.07) is 6.78. The molecule has 6 heteroatoms. The van der Waals surface area contributed by atoms with E-state index in [2.05, 4.69) is 5.32 Å². The zero-order valence-electron chi connectivity index (χ0n) is 9.73. The number of hydrogen-bond donors (Lipinski definition) is 1. The molecule has 1 fully saturated rings. The molecule has 1 heterocycles. The second-order valence-electron chi connectivity index (χ2n) is 4.47. The summed E-state index contributed by atoms with van der Waals surface area (Å²) >= 11 is 5.75. The van der Waals surface area contributed by atoms with Gasteiger partial charge in [0, 0.05) is 11.1 Å². The van der Waals surface area contributed by atoms with E-state index in [1.165, 1.54) is 0 Å². The summed E-state index contributed by atoms with van der Waals surface area (Å²) in [5.74, 6) is 0.0672. The van der Waals surface area contributed by atoms with Crippen LogP contribution in [0.3, 0.4) is 0 Å². The standard InChI is InChI=1S/C12H14ClNO3S/c13-10-3-1-9(2-4-10)7-12(15)14-11-5-6-18(16,17)8-11/h1-4,11H,5-8H2,(H,14,15)/t11-/m0/s1. The molecule has 2 rings (SSSR count). The minimum Gasteiger partial charge on any atom is -0.352 e. The van der Waals surface area contributed by atoms with Crippen molar-refractivity contribution in [1.29, 1.82) is 0 Å². The van der Waals surface area contributed by atoms with E-state index >= 15 is 0 Å². The molecule has 1 aromatic carbocycles. The summed E-state index contributed by atoms with van der Waals surface area (Å²) in [7, 11) is -2.95. The zero-order valence-corrected chi connectivity index (χ0v) is 11.3. The van der Waals surface area contributed by atoms with Crippen molar-refractivity contribution in [3.05, 3.63) is 34.9 Å². The van der Waals surface area contributed by atoms with E-state index in [0.29, 0.717) is 11.4 Å². The van der Waals surface area contributed by atoms with Gasteiger partial charge in [-0.25, -0.2) is 8.42 Å². The molecule has 4 nitrogen and oxygen atoms in total. The van der Waals surface area contributed by atoms with Crippen LogP contribution >= 0.6 is 11.6 Å². The van der Waals surface area contributed by atoms with Crippen molar-refractivity contribution >= 4 is 27.3 Å². The highest BCUT2D eigenvalue weighted by Gasteiger charge is 2.28. The van der Waals surface area contributed by atoms with Crippen LogP contribution in [0.25, 0.3) is 0 Å². The monoisotopic (exact) mass is 287 g/mol. The van der Waals surface area contributed by atoms with Crippen LogP contribution in [0.1, 0.15) is 12.0 Å². The van der Waals surface area contributed by atoms with E-state index in [1.54, 1.807) is 24.3 Å². The van der Waals surface area contributed by atoms with Crippen molar-refractivity contribution in [2.75, 3.05) is 11.5 Å². The average molecular weight is 288 g/mol. The van der Waals surface area contributed by atoms with Crippen molar-refractivity contribution in [3.63, 3.8) is 0 Å². The molecular weight excluding hydrogens is 274 g/mol. The largest absolute Gasteiger partial charge is 0.352 e. The summed E-state index contributed by atoms with van der Waals surface area (Å²) in [6.07, 6.45) is 0.752. The third-order valence-electron chi connectivity index (χ3n) is 2.88. The molecule has 0 bridgehead atoms. The molecular formula is C12H14ClNO3S. The second kappa shape index (κ2) is 5.28. The molecule has 1 amide bonds. The van der Waals surface area contributed by atoms with Gasteiger partial charge in [0.1, 0.15) is 0 Å². The number of halogens is 1. The van der Waals surface area contributed by atoms with E-state index in [4.69, 9.17) is 11.6 Å². The van der Waals surface area contributed by atoms with Gasteiger partial charge in [0.25, 0.3) is 0 Å². The lowest BCUT2D eigenvalue weighted by atomic mass is 10.1. The van der Waals surface area contributed by atoms with Gasteiger partial charge in [-0.15, -0.1) is 0 Å². The molecule has 98 valence electrons. The molecule has 1 aromatic rings. The summed E-state index contributed by atoms with van der Waals surface area (Å²) in [5, 5.41) is 3.37. The third-order valence-corrected chi connectivity index (χ3v) is 4.90. The van der Waals surface area contributed by atoms with Crippen LogP contribution < -0.4 is 5.32 Å². The van der Waals surface area contributed by atoms with Crippen molar-refractivity contribution in [2.45, 2.75) is 18.9 Å². The first-order chi connectivity index (χ1) is 8.44. The normalized spacial score (nSPS) is 21.7. The van der Waals surface area contributed by atoms with Crippen LogP contribution in [0.2, 0.25) is 5.02 Å². The molecule has 0 unspecified atom stereocenters. The molecule has 0 aromatic heterocycles. The lowest BCUT2D eigenvalue weighted by Crippen LogP contribution is -2.36. The van der Waals surface area contributed by atoms with Crippen molar-refractivity contribution < 1.29 is 13.2 Å². The Morgan fingerprint density at radius 2 is 2.00 bits per heavy atom. The molecule has 0 radical (unpaired) electrons. The maximum absolute atomic E-state index is 11.7. The first-order valence-corrected chi connectivity index (χ1v) is 7.89. The van der Waals surface area contributed by atoms with Crippen LogP contribution in [0.4, 0.5) is 0 Å². The van der Waals surface area contributed by atoms with E-state index < -0.39 is 9.84 Å². The summed E-state index contributed by atoms with van der Waals surface area (Å²) in [4.78, 5) is 11.7. The number of carbonyl (C=O) groups excluding carboxylic acids is 1. The van der Waals surface area contributed by atoms with Gasteiger partial charge < -0.3 is 5.32 Å². The molecule has 1 aliphatic heterocycles. The van der Waals surface area contributed by atoms with Crippen molar-refractivity contribution in [3.8, 4) is 0 Å². The number of nitrogens with one attached hydrogen (secondary N) is 1. The summed E-state index contributed by atoms with van der Waals surface area (Å²) in [6.45, 7) is 0. The zero-order chi connectivity index (χ0) is 13.2. The third kappa shape index (κ3) is 3.71. The maximum Gasteiger partial charge on any atom is 0.224 e. The van der Waals surface area contributed by atoms with E-state index in [1.807, 2.05) is 0 Å². The second-order valence-corrected chi connectivity index (χ2v) is 7.14. The van der Waals surface area contributed by atoms with Gasteiger partial charge in [0.05, 0.1) is 17.9 Å². The fraction of sp³-hybridized carbons (Fsp3) is 0.417. The van der Waals surface area contributed by atoms with Gasteiger partial charge in [0.15, 0.2) is 9.84 Å². The number of hydrogen-bond acceptors (Lipinski definition) is 3. The highest BCUT2D eigenvalue weighted by molar-refractivity contribution is 7.91. The minimum absolute atomic E-state index is 0.0549. The quantitative estimate of drug-likeness (QED) is 0.908. The highest BCUT2D eigenvalue weighted by atomic mass is 35.5.